The van der Waals surface area contributed by atoms with Crippen molar-refractivity contribution in [3.05, 3.63) is 22.9 Å². The average molecular weight is 181 g/mol. The molecular formula is C9H15N3O. The predicted molar refractivity (Wildman–Crippen MR) is 50.6 cm³/mol. The zero-order valence-corrected chi connectivity index (χ0v) is 7.81. The van der Waals surface area contributed by atoms with Gasteiger partial charge in [0, 0.05) is 31.0 Å². The molecule has 1 fully saturated rings. The lowest BCUT2D eigenvalue weighted by Gasteiger charge is -2.04. The van der Waals surface area contributed by atoms with E-state index in [4.69, 9.17) is 5.73 Å². The smallest absolute Gasteiger partial charge is 0.326 e. The summed E-state index contributed by atoms with van der Waals surface area (Å²) in [4.78, 5) is 11.7. The standard InChI is InChI=1S/C9H15N3O/c1-7(10)6-11-4-5-12(9(11)13)8-2-3-8/h4-5,7-8H,2-3,6,10H2,1H3. The number of aromatic nitrogens is 2. The maximum atomic E-state index is 11.7. The highest BCUT2D eigenvalue weighted by molar-refractivity contribution is 4.91. The fourth-order valence-electron chi connectivity index (χ4n) is 1.51. The van der Waals surface area contributed by atoms with Gasteiger partial charge in [-0.15, -0.1) is 0 Å². The van der Waals surface area contributed by atoms with Crippen molar-refractivity contribution in [2.45, 2.75) is 38.4 Å². The van der Waals surface area contributed by atoms with Gasteiger partial charge in [-0.2, -0.15) is 0 Å². The lowest BCUT2D eigenvalue weighted by Crippen LogP contribution is -2.30. The Bertz CT molecular complexity index is 346. The highest BCUT2D eigenvalue weighted by Gasteiger charge is 2.25. The van der Waals surface area contributed by atoms with Crippen molar-refractivity contribution in [3.8, 4) is 0 Å². The molecule has 1 unspecified atom stereocenters. The zero-order valence-electron chi connectivity index (χ0n) is 7.81. The monoisotopic (exact) mass is 181 g/mol. The van der Waals surface area contributed by atoms with E-state index in [9.17, 15) is 4.79 Å². The fraction of sp³-hybridized carbons (Fsp3) is 0.667. The minimum Gasteiger partial charge on any atom is -0.326 e. The average Bonchev–Trinajstić information content (AvgIpc) is 2.81. The third-order valence-corrected chi connectivity index (χ3v) is 2.30. The molecule has 1 atom stereocenters. The first-order chi connectivity index (χ1) is 6.18. The Morgan fingerprint density at radius 1 is 1.62 bits per heavy atom. The van der Waals surface area contributed by atoms with Crippen molar-refractivity contribution in [3.63, 3.8) is 0 Å². The van der Waals surface area contributed by atoms with Crippen LogP contribution in [0.2, 0.25) is 0 Å². The fourth-order valence-corrected chi connectivity index (χ4v) is 1.51. The highest BCUT2D eigenvalue weighted by Crippen LogP contribution is 2.33. The first kappa shape index (κ1) is 8.56. The zero-order chi connectivity index (χ0) is 9.42. The molecule has 2 rings (SSSR count). The highest BCUT2D eigenvalue weighted by atomic mass is 16.1. The van der Waals surface area contributed by atoms with E-state index in [1.807, 2.05) is 23.9 Å². The summed E-state index contributed by atoms with van der Waals surface area (Å²) < 4.78 is 3.49. The maximum Gasteiger partial charge on any atom is 0.328 e. The van der Waals surface area contributed by atoms with Crippen molar-refractivity contribution < 1.29 is 0 Å². The Morgan fingerprint density at radius 2 is 2.31 bits per heavy atom. The molecule has 1 aromatic heterocycles. The number of rotatable bonds is 3. The van der Waals surface area contributed by atoms with Crippen molar-refractivity contribution >= 4 is 0 Å². The SMILES string of the molecule is CC(N)Cn1ccn(C2CC2)c1=O. The first-order valence-electron chi connectivity index (χ1n) is 4.71. The van der Waals surface area contributed by atoms with E-state index < -0.39 is 0 Å². The van der Waals surface area contributed by atoms with Crippen LogP contribution in [0.4, 0.5) is 0 Å². The topological polar surface area (TPSA) is 52.9 Å². The normalized spacial score (nSPS) is 18.9. The molecule has 1 aromatic rings. The Labute approximate surface area is 77.0 Å². The quantitative estimate of drug-likeness (QED) is 0.730. The molecule has 1 heterocycles. The van der Waals surface area contributed by atoms with Crippen LogP contribution in [0.3, 0.4) is 0 Å². The van der Waals surface area contributed by atoms with E-state index in [1.54, 1.807) is 4.57 Å². The summed E-state index contributed by atoms with van der Waals surface area (Å²) >= 11 is 0. The second-order valence-electron chi connectivity index (χ2n) is 3.85. The summed E-state index contributed by atoms with van der Waals surface area (Å²) in [6.45, 7) is 2.51. The minimum absolute atomic E-state index is 0.0350. The molecule has 2 N–H and O–H groups in total. The molecule has 0 bridgehead atoms. The van der Waals surface area contributed by atoms with Crippen LogP contribution in [0.25, 0.3) is 0 Å². The third kappa shape index (κ3) is 1.67. The Kier molecular flexibility index (Phi) is 2.00. The summed E-state index contributed by atoms with van der Waals surface area (Å²) in [5.74, 6) is 0. The van der Waals surface area contributed by atoms with Gasteiger partial charge in [-0.25, -0.2) is 4.79 Å². The van der Waals surface area contributed by atoms with Crippen LogP contribution in [0.1, 0.15) is 25.8 Å². The third-order valence-electron chi connectivity index (χ3n) is 2.30. The summed E-state index contributed by atoms with van der Waals surface area (Å²) in [5, 5.41) is 0. The van der Waals surface area contributed by atoms with Gasteiger partial charge in [0.1, 0.15) is 0 Å². The summed E-state index contributed by atoms with van der Waals surface area (Å²) in [5.41, 5.74) is 5.71. The van der Waals surface area contributed by atoms with Gasteiger partial charge < -0.3 is 5.73 Å². The number of nitrogens with zero attached hydrogens (tertiary/aromatic N) is 2. The van der Waals surface area contributed by atoms with Crippen molar-refractivity contribution in [2.75, 3.05) is 0 Å². The number of imidazole rings is 1. The molecule has 0 saturated heterocycles. The van der Waals surface area contributed by atoms with E-state index in [0.717, 1.165) is 12.8 Å². The Balaban J connectivity index is 2.22. The van der Waals surface area contributed by atoms with E-state index in [0.29, 0.717) is 12.6 Å². The Morgan fingerprint density at radius 3 is 2.85 bits per heavy atom. The van der Waals surface area contributed by atoms with Crippen molar-refractivity contribution in [1.82, 2.24) is 9.13 Å². The van der Waals surface area contributed by atoms with Crippen LogP contribution < -0.4 is 11.4 Å². The Hall–Kier alpha value is -1.03. The van der Waals surface area contributed by atoms with Crippen LogP contribution >= 0.6 is 0 Å². The molecular weight excluding hydrogens is 166 g/mol. The molecule has 0 radical (unpaired) electrons. The summed E-state index contributed by atoms with van der Waals surface area (Å²) in [6, 6.07) is 0.495. The maximum absolute atomic E-state index is 11.7. The first-order valence-corrected chi connectivity index (χ1v) is 4.71. The summed E-state index contributed by atoms with van der Waals surface area (Å²) in [6.07, 6.45) is 5.97. The van der Waals surface area contributed by atoms with E-state index >= 15 is 0 Å². The van der Waals surface area contributed by atoms with Gasteiger partial charge in [-0.05, 0) is 19.8 Å². The lowest BCUT2D eigenvalue weighted by atomic mass is 10.4. The van der Waals surface area contributed by atoms with Gasteiger partial charge in [0.25, 0.3) is 0 Å². The molecule has 1 aliphatic carbocycles. The lowest BCUT2D eigenvalue weighted by molar-refractivity contribution is 0.556. The molecule has 0 aromatic carbocycles. The predicted octanol–water partition coefficient (Wildman–Crippen LogP) is 0.332. The van der Waals surface area contributed by atoms with Gasteiger partial charge in [0.05, 0.1) is 0 Å². The molecule has 1 saturated carbocycles. The van der Waals surface area contributed by atoms with Gasteiger partial charge >= 0.3 is 5.69 Å². The molecule has 0 amide bonds. The van der Waals surface area contributed by atoms with Crippen LogP contribution in [0.5, 0.6) is 0 Å². The second kappa shape index (κ2) is 3.03. The minimum atomic E-state index is 0.0350. The van der Waals surface area contributed by atoms with Crippen molar-refractivity contribution in [1.29, 1.82) is 0 Å². The van der Waals surface area contributed by atoms with Crippen LogP contribution in [-0.2, 0) is 6.54 Å². The van der Waals surface area contributed by atoms with Gasteiger partial charge in [-0.1, -0.05) is 0 Å². The van der Waals surface area contributed by atoms with Crippen LogP contribution in [0.15, 0.2) is 17.2 Å². The number of nitrogens with two attached hydrogens (primary N) is 1. The molecule has 72 valence electrons. The molecule has 0 spiro atoms. The van der Waals surface area contributed by atoms with E-state index in [-0.39, 0.29) is 11.7 Å². The number of hydrogen-bond acceptors (Lipinski definition) is 2. The largest absolute Gasteiger partial charge is 0.328 e. The molecule has 0 aliphatic heterocycles. The summed E-state index contributed by atoms with van der Waals surface area (Å²) in [7, 11) is 0. The van der Waals surface area contributed by atoms with Crippen LogP contribution in [-0.4, -0.2) is 15.2 Å². The van der Waals surface area contributed by atoms with Gasteiger partial charge in [0.2, 0.25) is 0 Å². The second-order valence-corrected chi connectivity index (χ2v) is 3.85. The number of hydrogen-bond donors (Lipinski definition) is 1. The van der Waals surface area contributed by atoms with Gasteiger partial charge in [-0.3, -0.25) is 9.13 Å². The van der Waals surface area contributed by atoms with Crippen LogP contribution in [0, 0.1) is 0 Å². The molecule has 1 aliphatic rings. The van der Waals surface area contributed by atoms with E-state index in [1.165, 1.54) is 0 Å². The van der Waals surface area contributed by atoms with Crippen molar-refractivity contribution in [2.24, 2.45) is 5.73 Å². The van der Waals surface area contributed by atoms with Gasteiger partial charge in [0.15, 0.2) is 0 Å². The van der Waals surface area contributed by atoms with E-state index in [2.05, 4.69) is 0 Å². The molecule has 4 heteroatoms. The molecule has 4 nitrogen and oxygen atoms in total. The molecule has 13 heavy (non-hydrogen) atoms.